The van der Waals surface area contributed by atoms with Gasteiger partial charge in [0.2, 0.25) is 0 Å². The van der Waals surface area contributed by atoms with Crippen LogP contribution in [-0.4, -0.2) is 15.0 Å². The van der Waals surface area contributed by atoms with E-state index in [1.54, 1.807) is 0 Å². The maximum absolute atomic E-state index is 5.26. The fourth-order valence-corrected chi connectivity index (χ4v) is 2.44. The van der Waals surface area contributed by atoms with Gasteiger partial charge in [-0.05, 0) is 45.1 Å². The van der Waals surface area contributed by atoms with E-state index < -0.39 is 0 Å². The fourth-order valence-electron chi connectivity index (χ4n) is 2.44. The van der Waals surface area contributed by atoms with Crippen molar-refractivity contribution in [3.63, 3.8) is 0 Å². The van der Waals surface area contributed by atoms with E-state index in [1.165, 1.54) is 11.3 Å². The van der Waals surface area contributed by atoms with Crippen LogP contribution in [0.3, 0.4) is 0 Å². The molecule has 0 aliphatic heterocycles. The van der Waals surface area contributed by atoms with Gasteiger partial charge in [-0.3, -0.25) is 0 Å². The number of hydrogen-bond acceptors (Lipinski definition) is 4. The van der Waals surface area contributed by atoms with Crippen molar-refractivity contribution in [3.8, 4) is 0 Å². The lowest BCUT2D eigenvalue weighted by atomic mass is 10.0. The first-order valence-corrected chi connectivity index (χ1v) is 7.89. The van der Waals surface area contributed by atoms with Crippen LogP contribution in [0.5, 0.6) is 0 Å². The minimum absolute atomic E-state index is 0.470. The standard InChI is InChI=1S/C10H16N2.C8H13NO/c1-6(2)10-7(3)8(4)11-9(5)12-10;1-5(2)8-6(3)10-7(4)9-8/h6H,1-5H3;5H,1-4H3. The van der Waals surface area contributed by atoms with Gasteiger partial charge >= 0.3 is 0 Å². The summed E-state index contributed by atoms with van der Waals surface area (Å²) in [7, 11) is 0. The summed E-state index contributed by atoms with van der Waals surface area (Å²) in [5.41, 5.74) is 4.60. The van der Waals surface area contributed by atoms with Crippen molar-refractivity contribution < 1.29 is 4.42 Å². The van der Waals surface area contributed by atoms with E-state index >= 15 is 0 Å². The zero-order valence-corrected chi connectivity index (χ0v) is 15.4. The summed E-state index contributed by atoms with van der Waals surface area (Å²) in [4.78, 5) is 13.0. The minimum atomic E-state index is 0.470. The normalized spacial score (nSPS) is 10.9. The Morgan fingerprint density at radius 3 is 1.64 bits per heavy atom. The second-order valence-electron chi connectivity index (χ2n) is 6.35. The number of hydrogen-bond donors (Lipinski definition) is 0. The third kappa shape index (κ3) is 4.65. The third-order valence-corrected chi connectivity index (χ3v) is 3.57. The molecule has 0 unspecified atom stereocenters. The predicted octanol–water partition coefficient (Wildman–Crippen LogP) is 4.94. The van der Waals surface area contributed by atoms with Gasteiger partial charge < -0.3 is 4.42 Å². The molecule has 2 aromatic heterocycles. The predicted molar refractivity (Wildman–Crippen MR) is 90.4 cm³/mol. The number of nitrogens with zero attached hydrogens (tertiary/aromatic N) is 3. The molecule has 0 aromatic carbocycles. The van der Waals surface area contributed by atoms with Crippen molar-refractivity contribution in [2.75, 3.05) is 0 Å². The summed E-state index contributed by atoms with van der Waals surface area (Å²) in [6.07, 6.45) is 0. The topological polar surface area (TPSA) is 51.8 Å². The van der Waals surface area contributed by atoms with Crippen molar-refractivity contribution in [1.82, 2.24) is 15.0 Å². The first-order chi connectivity index (χ1) is 10.1. The molecule has 0 atom stereocenters. The van der Waals surface area contributed by atoms with E-state index in [0.717, 1.165) is 28.9 Å². The quantitative estimate of drug-likeness (QED) is 0.788. The van der Waals surface area contributed by atoms with Crippen LogP contribution >= 0.6 is 0 Å². The summed E-state index contributed by atoms with van der Waals surface area (Å²) < 4.78 is 5.26. The maximum atomic E-state index is 5.26. The van der Waals surface area contributed by atoms with Gasteiger partial charge in [-0.15, -0.1) is 0 Å². The molecule has 0 spiro atoms. The van der Waals surface area contributed by atoms with Gasteiger partial charge in [0.25, 0.3) is 0 Å². The number of oxazole rings is 1. The Labute approximate surface area is 134 Å². The highest BCUT2D eigenvalue weighted by atomic mass is 16.4. The summed E-state index contributed by atoms with van der Waals surface area (Å²) in [6, 6.07) is 0. The molecule has 2 rings (SSSR count). The molecule has 2 aromatic rings. The zero-order chi connectivity index (χ0) is 17.0. The average Bonchev–Trinajstić information content (AvgIpc) is 2.73. The first kappa shape index (κ1) is 18.3. The van der Waals surface area contributed by atoms with Crippen molar-refractivity contribution in [1.29, 1.82) is 0 Å². The Hall–Kier alpha value is -1.71. The van der Waals surface area contributed by atoms with E-state index in [0.29, 0.717) is 11.8 Å². The monoisotopic (exact) mass is 303 g/mol. The maximum Gasteiger partial charge on any atom is 0.191 e. The van der Waals surface area contributed by atoms with Gasteiger partial charge in [-0.25, -0.2) is 15.0 Å². The zero-order valence-electron chi connectivity index (χ0n) is 15.4. The molecule has 0 aliphatic carbocycles. The van der Waals surface area contributed by atoms with Crippen LogP contribution < -0.4 is 0 Å². The van der Waals surface area contributed by atoms with E-state index in [-0.39, 0.29) is 0 Å². The summed E-state index contributed by atoms with van der Waals surface area (Å²) in [5, 5.41) is 0. The molecule has 122 valence electrons. The fraction of sp³-hybridized carbons (Fsp3) is 0.611. The van der Waals surface area contributed by atoms with Crippen LogP contribution in [-0.2, 0) is 0 Å². The second-order valence-corrected chi connectivity index (χ2v) is 6.35. The Bertz CT molecular complexity index is 628. The second kappa shape index (κ2) is 7.52. The SMILES string of the molecule is Cc1nc(C(C)C)c(C)o1.Cc1nc(C)c(C)c(C(C)C)n1. The lowest BCUT2D eigenvalue weighted by Gasteiger charge is -2.10. The lowest BCUT2D eigenvalue weighted by molar-refractivity contribution is 0.492. The molecule has 0 bridgehead atoms. The van der Waals surface area contributed by atoms with Crippen molar-refractivity contribution in [2.24, 2.45) is 0 Å². The number of rotatable bonds is 2. The molecule has 0 radical (unpaired) electrons. The van der Waals surface area contributed by atoms with Crippen LogP contribution in [0.2, 0.25) is 0 Å². The van der Waals surface area contributed by atoms with Gasteiger partial charge in [-0.2, -0.15) is 0 Å². The summed E-state index contributed by atoms with van der Waals surface area (Å²) in [6.45, 7) is 18.4. The Morgan fingerprint density at radius 2 is 1.27 bits per heavy atom. The van der Waals surface area contributed by atoms with Crippen molar-refractivity contribution in [3.05, 3.63) is 40.1 Å². The molecular weight excluding hydrogens is 274 g/mol. The van der Waals surface area contributed by atoms with Crippen LogP contribution in [0, 0.1) is 34.6 Å². The number of aromatic nitrogens is 3. The highest BCUT2D eigenvalue weighted by Crippen LogP contribution is 2.18. The number of aryl methyl sites for hydroxylation is 4. The minimum Gasteiger partial charge on any atom is -0.446 e. The molecule has 0 amide bonds. The molecule has 22 heavy (non-hydrogen) atoms. The smallest absolute Gasteiger partial charge is 0.191 e. The van der Waals surface area contributed by atoms with Crippen LogP contribution in [0.1, 0.15) is 79.7 Å². The third-order valence-electron chi connectivity index (χ3n) is 3.57. The molecular formula is C18H29N3O. The van der Waals surface area contributed by atoms with E-state index in [1.807, 2.05) is 27.7 Å². The van der Waals surface area contributed by atoms with E-state index in [4.69, 9.17) is 4.42 Å². The van der Waals surface area contributed by atoms with Crippen molar-refractivity contribution in [2.45, 2.75) is 74.1 Å². The van der Waals surface area contributed by atoms with Crippen LogP contribution in [0.25, 0.3) is 0 Å². The van der Waals surface area contributed by atoms with E-state index in [9.17, 15) is 0 Å². The van der Waals surface area contributed by atoms with E-state index in [2.05, 4.69) is 49.6 Å². The van der Waals surface area contributed by atoms with Gasteiger partial charge in [0.15, 0.2) is 5.89 Å². The highest BCUT2D eigenvalue weighted by Gasteiger charge is 2.09. The molecule has 0 saturated carbocycles. The Kier molecular flexibility index (Phi) is 6.27. The summed E-state index contributed by atoms with van der Waals surface area (Å²) >= 11 is 0. The van der Waals surface area contributed by atoms with Gasteiger partial charge in [0, 0.05) is 18.3 Å². The average molecular weight is 303 g/mol. The molecule has 0 fully saturated rings. The van der Waals surface area contributed by atoms with Gasteiger partial charge in [0.05, 0.1) is 5.69 Å². The molecule has 2 heterocycles. The molecule has 4 heteroatoms. The lowest BCUT2D eigenvalue weighted by Crippen LogP contribution is -2.03. The van der Waals surface area contributed by atoms with Gasteiger partial charge in [-0.1, -0.05) is 27.7 Å². The van der Waals surface area contributed by atoms with Crippen LogP contribution in [0.15, 0.2) is 4.42 Å². The largest absolute Gasteiger partial charge is 0.446 e. The van der Waals surface area contributed by atoms with Gasteiger partial charge in [0.1, 0.15) is 11.6 Å². The summed E-state index contributed by atoms with van der Waals surface area (Å²) in [5.74, 6) is 3.55. The Balaban J connectivity index is 0.000000224. The first-order valence-electron chi connectivity index (χ1n) is 7.89. The molecule has 0 saturated heterocycles. The molecule has 0 aliphatic rings. The molecule has 4 nitrogen and oxygen atoms in total. The molecule has 0 N–H and O–H groups in total. The Morgan fingerprint density at radius 1 is 0.727 bits per heavy atom. The van der Waals surface area contributed by atoms with Crippen molar-refractivity contribution >= 4 is 0 Å². The highest BCUT2D eigenvalue weighted by molar-refractivity contribution is 5.25. The van der Waals surface area contributed by atoms with Crippen LogP contribution in [0.4, 0.5) is 0 Å².